The van der Waals surface area contributed by atoms with Crippen molar-refractivity contribution in [2.75, 3.05) is 5.33 Å². The molecule has 0 bridgehead atoms. The lowest BCUT2D eigenvalue weighted by Crippen LogP contribution is -1.97. The van der Waals surface area contributed by atoms with Crippen LogP contribution in [-0.2, 0) is 0 Å². The number of hydrogen-bond donors (Lipinski definition) is 0. The fourth-order valence-electron chi connectivity index (χ4n) is 1.41. The molecule has 0 nitrogen and oxygen atoms in total. The number of hydrogen-bond acceptors (Lipinski definition) is 0. The molecular weight excluding hydrogens is 212 g/mol. The molecule has 0 N–H and O–H groups in total. The molecule has 0 aromatic carbocycles. The number of alkyl halides is 1. The lowest BCUT2D eigenvalue weighted by molar-refractivity contribution is 0.570. The van der Waals surface area contributed by atoms with Gasteiger partial charge in [0.2, 0.25) is 0 Å². The van der Waals surface area contributed by atoms with Gasteiger partial charge in [-0.3, -0.25) is 0 Å². The molecule has 0 heterocycles. The van der Waals surface area contributed by atoms with Crippen molar-refractivity contribution in [2.45, 2.75) is 40.5 Å². The molecule has 12 heavy (non-hydrogen) atoms. The number of rotatable bonds is 5. The van der Waals surface area contributed by atoms with Gasteiger partial charge >= 0.3 is 0 Å². The first-order valence-corrected chi connectivity index (χ1v) is 5.92. The highest BCUT2D eigenvalue weighted by atomic mass is 79.9. The topological polar surface area (TPSA) is 0 Å². The molecule has 0 saturated carbocycles. The Morgan fingerprint density at radius 2 is 1.50 bits per heavy atom. The van der Waals surface area contributed by atoms with Crippen LogP contribution >= 0.6 is 15.9 Å². The Kier molecular flexibility index (Phi) is 6.83. The monoisotopic (exact) mass is 232 g/mol. The van der Waals surface area contributed by atoms with Crippen LogP contribution in [0.2, 0.25) is 0 Å². The van der Waals surface area contributed by atoms with Gasteiger partial charge in [-0.1, -0.05) is 55.3 Å². The van der Waals surface area contributed by atoms with Crippen LogP contribution in [0.1, 0.15) is 40.5 Å². The summed E-state index contributed by atoms with van der Waals surface area (Å²) in [5.74, 6) is 1.57. The smallest absolute Gasteiger partial charge is 0.0214 e. The summed E-state index contributed by atoms with van der Waals surface area (Å²) >= 11 is 3.45. The van der Waals surface area contributed by atoms with Gasteiger partial charge in [-0.2, -0.15) is 0 Å². The van der Waals surface area contributed by atoms with E-state index in [4.69, 9.17) is 0 Å². The lowest BCUT2D eigenvalue weighted by atomic mass is 9.95. The van der Waals surface area contributed by atoms with E-state index in [9.17, 15) is 0 Å². The molecule has 72 valence electrons. The van der Waals surface area contributed by atoms with Crippen molar-refractivity contribution in [1.82, 2.24) is 0 Å². The summed E-state index contributed by atoms with van der Waals surface area (Å²) in [5.41, 5.74) is 1.61. The van der Waals surface area contributed by atoms with Crippen LogP contribution in [-0.4, -0.2) is 5.33 Å². The fourth-order valence-corrected chi connectivity index (χ4v) is 1.87. The van der Waals surface area contributed by atoms with Crippen LogP contribution in [0.4, 0.5) is 0 Å². The fraction of sp³-hybridized carbons (Fsp3) is 0.818. The molecule has 0 amide bonds. The summed E-state index contributed by atoms with van der Waals surface area (Å²) in [6.45, 7) is 9.12. The van der Waals surface area contributed by atoms with E-state index in [1.807, 2.05) is 0 Å². The largest absolute Gasteiger partial charge is 0.0883 e. The zero-order valence-electron chi connectivity index (χ0n) is 8.73. The Hall–Kier alpha value is 0.220. The standard InChI is InChI=1S/C11H21Br/c1-9(2)7-11(5-6-12)8-10(3)4/h5,9-10H,6-8H2,1-4H3. The van der Waals surface area contributed by atoms with E-state index >= 15 is 0 Å². The Labute approximate surface area is 85.6 Å². The van der Waals surface area contributed by atoms with Gasteiger partial charge in [0.05, 0.1) is 0 Å². The molecule has 0 spiro atoms. The minimum absolute atomic E-state index is 0.786. The molecule has 0 fully saturated rings. The third kappa shape index (κ3) is 6.90. The quantitative estimate of drug-likeness (QED) is 0.487. The molecule has 0 aliphatic carbocycles. The Bertz CT molecular complexity index is 122. The predicted molar refractivity (Wildman–Crippen MR) is 60.8 cm³/mol. The zero-order chi connectivity index (χ0) is 9.56. The van der Waals surface area contributed by atoms with Crippen LogP contribution < -0.4 is 0 Å². The van der Waals surface area contributed by atoms with E-state index in [1.165, 1.54) is 12.8 Å². The minimum atomic E-state index is 0.786. The zero-order valence-corrected chi connectivity index (χ0v) is 10.3. The lowest BCUT2D eigenvalue weighted by Gasteiger charge is -2.12. The average molecular weight is 233 g/mol. The molecule has 0 aliphatic heterocycles. The average Bonchev–Trinajstić information content (AvgIpc) is 1.84. The Morgan fingerprint density at radius 3 is 1.75 bits per heavy atom. The first kappa shape index (κ1) is 12.2. The molecular formula is C11H21Br. The maximum absolute atomic E-state index is 3.45. The maximum atomic E-state index is 3.45. The molecule has 0 saturated heterocycles. The van der Waals surface area contributed by atoms with Crippen LogP contribution in [0.3, 0.4) is 0 Å². The van der Waals surface area contributed by atoms with Gasteiger partial charge in [-0.25, -0.2) is 0 Å². The highest BCUT2D eigenvalue weighted by Crippen LogP contribution is 2.19. The molecule has 0 atom stereocenters. The van der Waals surface area contributed by atoms with Gasteiger partial charge in [0.25, 0.3) is 0 Å². The third-order valence-corrected chi connectivity index (χ3v) is 2.03. The van der Waals surface area contributed by atoms with Crippen molar-refractivity contribution in [3.05, 3.63) is 11.6 Å². The molecule has 0 unspecified atom stereocenters. The van der Waals surface area contributed by atoms with Gasteiger partial charge < -0.3 is 0 Å². The van der Waals surface area contributed by atoms with E-state index in [1.54, 1.807) is 5.57 Å². The number of halogens is 1. The highest BCUT2D eigenvalue weighted by Gasteiger charge is 2.03. The summed E-state index contributed by atoms with van der Waals surface area (Å²) in [6, 6.07) is 0. The molecule has 0 aromatic heterocycles. The molecule has 1 heteroatoms. The van der Waals surface area contributed by atoms with Crippen molar-refractivity contribution in [1.29, 1.82) is 0 Å². The summed E-state index contributed by atoms with van der Waals surface area (Å²) in [4.78, 5) is 0. The first-order chi connectivity index (χ1) is 5.56. The second-order valence-corrected chi connectivity index (χ2v) is 4.86. The van der Waals surface area contributed by atoms with Crippen molar-refractivity contribution in [3.63, 3.8) is 0 Å². The second kappa shape index (κ2) is 6.71. The SMILES string of the molecule is CC(C)CC(=CCBr)CC(C)C. The van der Waals surface area contributed by atoms with E-state index in [0.29, 0.717) is 0 Å². The normalized spacial score (nSPS) is 10.9. The van der Waals surface area contributed by atoms with Crippen molar-refractivity contribution in [3.8, 4) is 0 Å². The molecule has 0 radical (unpaired) electrons. The molecule has 0 rings (SSSR count). The van der Waals surface area contributed by atoms with E-state index < -0.39 is 0 Å². The summed E-state index contributed by atoms with van der Waals surface area (Å²) in [6.07, 6.45) is 4.83. The van der Waals surface area contributed by atoms with Crippen LogP contribution in [0.5, 0.6) is 0 Å². The second-order valence-electron chi connectivity index (χ2n) is 4.21. The van der Waals surface area contributed by atoms with Gasteiger partial charge in [0.1, 0.15) is 0 Å². The van der Waals surface area contributed by atoms with E-state index in [-0.39, 0.29) is 0 Å². The number of allylic oxidation sites excluding steroid dienone is 2. The van der Waals surface area contributed by atoms with Crippen LogP contribution in [0, 0.1) is 11.8 Å². The third-order valence-electron chi connectivity index (χ3n) is 1.71. The van der Waals surface area contributed by atoms with E-state index in [0.717, 1.165) is 17.2 Å². The van der Waals surface area contributed by atoms with Gasteiger partial charge in [-0.05, 0) is 24.7 Å². The van der Waals surface area contributed by atoms with Gasteiger partial charge in [-0.15, -0.1) is 0 Å². The van der Waals surface area contributed by atoms with E-state index in [2.05, 4.69) is 49.7 Å². The first-order valence-electron chi connectivity index (χ1n) is 4.80. The van der Waals surface area contributed by atoms with Crippen molar-refractivity contribution in [2.24, 2.45) is 11.8 Å². The van der Waals surface area contributed by atoms with Crippen molar-refractivity contribution >= 4 is 15.9 Å². The summed E-state index contributed by atoms with van der Waals surface area (Å²) in [7, 11) is 0. The Morgan fingerprint density at radius 1 is 1.08 bits per heavy atom. The highest BCUT2D eigenvalue weighted by molar-refractivity contribution is 9.09. The predicted octanol–water partition coefficient (Wildman–Crippen LogP) is 4.40. The molecule has 0 aromatic rings. The maximum Gasteiger partial charge on any atom is 0.0214 e. The summed E-state index contributed by atoms with van der Waals surface area (Å²) < 4.78 is 0. The Balaban J connectivity index is 3.96. The summed E-state index contributed by atoms with van der Waals surface area (Å²) in [5, 5.41) is 1.00. The van der Waals surface area contributed by atoms with Crippen LogP contribution in [0.15, 0.2) is 11.6 Å². The molecule has 0 aliphatic rings. The van der Waals surface area contributed by atoms with Crippen LogP contribution in [0.25, 0.3) is 0 Å². The van der Waals surface area contributed by atoms with Gasteiger partial charge in [0, 0.05) is 5.33 Å². The minimum Gasteiger partial charge on any atom is -0.0883 e. The van der Waals surface area contributed by atoms with Gasteiger partial charge in [0.15, 0.2) is 0 Å². The van der Waals surface area contributed by atoms with Crippen molar-refractivity contribution < 1.29 is 0 Å².